The third kappa shape index (κ3) is 4.44. The maximum Gasteiger partial charge on any atom is 0.355 e. The van der Waals surface area contributed by atoms with Gasteiger partial charge in [0.25, 0.3) is 5.91 Å². The van der Waals surface area contributed by atoms with Crippen LogP contribution in [0.1, 0.15) is 10.5 Å². The molecule has 0 unspecified atom stereocenters. The second-order valence-electron chi connectivity index (χ2n) is 6.04. The number of benzene rings is 1. The normalized spacial score (nSPS) is 12.9. The number of rotatable bonds is 5. The zero-order valence-electron chi connectivity index (χ0n) is 16.4. The number of allylic oxidation sites excluding steroid dienone is 2. The molecule has 2 aromatic rings. The zero-order valence-corrected chi connectivity index (χ0v) is 16.4. The van der Waals surface area contributed by atoms with Gasteiger partial charge in [0, 0.05) is 23.8 Å². The summed E-state index contributed by atoms with van der Waals surface area (Å²) < 4.78 is 9.69. The minimum atomic E-state index is -0.713. The lowest BCUT2D eigenvalue weighted by Crippen LogP contribution is -2.27. The van der Waals surface area contributed by atoms with Crippen LogP contribution in [0.3, 0.4) is 0 Å². The van der Waals surface area contributed by atoms with E-state index in [-0.39, 0.29) is 22.9 Å². The quantitative estimate of drug-likeness (QED) is 0.764. The van der Waals surface area contributed by atoms with E-state index in [9.17, 15) is 14.4 Å². The van der Waals surface area contributed by atoms with Crippen LogP contribution in [0.5, 0.6) is 0 Å². The van der Waals surface area contributed by atoms with Gasteiger partial charge in [-0.2, -0.15) is 0 Å². The summed E-state index contributed by atoms with van der Waals surface area (Å²) in [6.45, 7) is 0. The van der Waals surface area contributed by atoms with E-state index < -0.39 is 11.9 Å². The van der Waals surface area contributed by atoms with E-state index in [1.165, 1.54) is 31.4 Å². The lowest BCUT2D eigenvalue weighted by molar-refractivity contribution is -0.139. The molecule has 0 bridgehead atoms. The van der Waals surface area contributed by atoms with Gasteiger partial charge in [-0.3, -0.25) is 9.78 Å². The van der Waals surface area contributed by atoms with Gasteiger partial charge in [-0.25, -0.2) is 9.59 Å². The minimum absolute atomic E-state index is 0.0115. The highest BCUT2D eigenvalue weighted by Gasteiger charge is 2.27. The SMILES string of the molecule is COC(=O)C1=C(C(=O)OC)N(c2cccc(NC(=O)c3ccccn3)c2)C=CC=C1. The van der Waals surface area contributed by atoms with Gasteiger partial charge in [-0.15, -0.1) is 0 Å². The summed E-state index contributed by atoms with van der Waals surface area (Å²) in [5.41, 5.74) is 1.30. The Morgan fingerprint density at radius 1 is 0.967 bits per heavy atom. The molecule has 1 aromatic carbocycles. The highest BCUT2D eigenvalue weighted by Crippen LogP contribution is 2.28. The molecule has 0 fully saturated rings. The summed E-state index contributed by atoms with van der Waals surface area (Å²) in [7, 11) is 2.46. The van der Waals surface area contributed by atoms with E-state index in [4.69, 9.17) is 9.47 Å². The Bertz CT molecular complexity index is 1060. The monoisotopic (exact) mass is 405 g/mol. The van der Waals surface area contributed by atoms with Crippen LogP contribution < -0.4 is 10.2 Å². The predicted molar refractivity (Wildman–Crippen MR) is 110 cm³/mol. The van der Waals surface area contributed by atoms with E-state index in [0.717, 1.165) is 0 Å². The van der Waals surface area contributed by atoms with Crippen molar-refractivity contribution in [1.29, 1.82) is 0 Å². The number of hydrogen-bond acceptors (Lipinski definition) is 7. The second-order valence-corrected chi connectivity index (χ2v) is 6.04. The summed E-state index contributed by atoms with van der Waals surface area (Å²) in [4.78, 5) is 42.7. The summed E-state index contributed by atoms with van der Waals surface area (Å²) in [6.07, 6.45) is 7.89. The molecule has 8 nitrogen and oxygen atoms in total. The fraction of sp³-hybridized carbons (Fsp3) is 0.0909. The first-order valence-corrected chi connectivity index (χ1v) is 8.92. The van der Waals surface area contributed by atoms with Gasteiger partial charge in [0.2, 0.25) is 0 Å². The van der Waals surface area contributed by atoms with Gasteiger partial charge in [0.15, 0.2) is 0 Å². The Kier molecular flexibility index (Phi) is 6.39. The van der Waals surface area contributed by atoms with Crippen LogP contribution in [0.4, 0.5) is 11.4 Å². The Balaban J connectivity index is 1.99. The number of carbonyl (C=O) groups is 3. The number of esters is 2. The van der Waals surface area contributed by atoms with Crippen LogP contribution in [0.2, 0.25) is 0 Å². The molecule has 1 aromatic heterocycles. The molecule has 1 amide bonds. The maximum atomic E-state index is 12.5. The van der Waals surface area contributed by atoms with Crippen molar-refractivity contribution in [2.24, 2.45) is 0 Å². The Morgan fingerprint density at radius 2 is 1.77 bits per heavy atom. The molecule has 0 saturated heterocycles. The van der Waals surface area contributed by atoms with Crippen LogP contribution >= 0.6 is 0 Å². The van der Waals surface area contributed by atoms with Gasteiger partial charge in [-0.05, 0) is 42.5 Å². The molecular formula is C22H19N3O5. The van der Waals surface area contributed by atoms with Crippen LogP contribution in [0.25, 0.3) is 0 Å². The van der Waals surface area contributed by atoms with Crippen molar-refractivity contribution in [2.45, 2.75) is 0 Å². The van der Waals surface area contributed by atoms with E-state index in [1.54, 1.807) is 60.8 Å². The third-order valence-corrected chi connectivity index (χ3v) is 4.17. The summed E-state index contributed by atoms with van der Waals surface area (Å²) in [6, 6.07) is 11.8. The molecule has 152 valence electrons. The van der Waals surface area contributed by atoms with Crippen molar-refractivity contribution in [3.05, 3.63) is 90.1 Å². The molecule has 0 atom stereocenters. The molecule has 0 radical (unpaired) electrons. The Morgan fingerprint density at radius 3 is 2.47 bits per heavy atom. The fourth-order valence-corrected chi connectivity index (χ4v) is 2.79. The van der Waals surface area contributed by atoms with Gasteiger partial charge in [0.1, 0.15) is 11.4 Å². The molecule has 1 aliphatic heterocycles. The average Bonchev–Trinajstić information content (AvgIpc) is 3.02. The van der Waals surface area contributed by atoms with Gasteiger partial charge < -0.3 is 19.7 Å². The van der Waals surface area contributed by atoms with Crippen LogP contribution in [-0.4, -0.2) is 37.0 Å². The van der Waals surface area contributed by atoms with Gasteiger partial charge >= 0.3 is 11.9 Å². The molecule has 0 aliphatic carbocycles. The maximum absolute atomic E-state index is 12.5. The van der Waals surface area contributed by atoms with Crippen molar-refractivity contribution in [2.75, 3.05) is 24.4 Å². The van der Waals surface area contributed by atoms with Crippen molar-refractivity contribution >= 4 is 29.2 Å². The molecule has 30 heavy (non-hydrogen) atoms. The first-order chi connectivity index (χ1) is 14.5. The van der Waals surface area contributed by atoms with Gasteiger partial charge in [0.05, 0.1) is 19.8 Å². The fourth-order valence-electron chi connectivity index (χ4n) is 2.79. The number of pyridine rings is 1. The molecule has 2 heterocycles. The number of anilines is 2. The average molecular weight is 405 g/mol. The van der Waals surface area contributed by atoms with E-state index in [0.29, 0.717) is 11.4 Å². The highest BCUT2D eigenvalue weighted by atomic mass is 16.5. The minimum Gasteiger partial charge on any atom is -0.465 e. The molecular weight excluding hydrogens is 386 g/mol. The summed E-state index contributed by atoms with van der Waals surface area (Å²) in [5, 5.41) is 2.76. The van der Waals surface area contributed by atoms with Crippen molar-refractivity contribution in [3.8, 4) is 0 Å². The lowest BCUT2D eigenvalue weighted by atomic mass is 10.1. The van der Waals surface area contributed by atoms with Crippen molar-refractivity contribution in [1.82, 2.24) is 4.98 Å². The summed E-state index contributed by atoms with van der Waals surface area (Å²) >= 11 is 0. The van der Waals surface area contributed by atoms with Crippen LogP contribution in [0.15, 0.2) is 84.4 Å². The van der Waals surface area contributed by atoms with E-state index >= 15 is 0 Å². The van der Waals surface area contributed by atoms with Gasteiger partial charge in [-0.1, -0.05) is 18.2 Å². The molecule has 0 spiro atoms. The standard InChI is InChI=1S/C22H19N3O5/c1-29-21(27)17-10-4-6-13-25(19(17)22(28)30-2)16-9-7-8-15(14-16)24-20(26)18-11-3-5-12-23-18/h3-14H,1-2H3,(H,24,26). The third-order valence-electron chi connectivity index (χ3n) is 4.17. The number of hydrogen-bond donors (Lipinski definition) is 1. The first kappa shape index (κ1) is 20.5. The van der Waals surface area contributed by atoms with E-state index in [1.807, 2.05) is 0 Å². The Labute approximate surface area is 173 Å². The summed E-state index contributed by atoms with van der Waals surface area (Å²) in [5.74, 6) is -1.77. The number of carbonyl (C=O) groups excluding carboxylic acids is 3. The number of ether oxygens (including phenoxy) is 2. The topological polar surface area (TPSA) is 97.8 Å². The molecule has 3 rings (SSSR count). The number of amides is 1. The van der Waals surface area contributed by atoms with Crippen molar-refractivity contribution in [3.63, 3.8) is 0 Å². The largest absolute Gasteiger partial charge is 0.465 e. The van der Waals surface area contributed by atoms with Crippen LogP contribution in [-0.2, 0) is 19.1 Å². The highest BCUT2D eigenvalue weighted by molar-refractivity contribution is 6.06. The van der Waals surface area contributed by atoms with E-state index in [2.05, 4.69) is 10.3 Å². The smallest absolute Gasteiger partial charge is 0.355 e. The molecule has 1 aliphatic rings. The number of nitrogens with one attached hydrogen (secondary N) is 1. The van der Waals surface area contributed by atoms with Crippen molar-refractivity contribution < 1.29 is 23.9 Å². The number of aromatic nitrogens is 1. The molecule has 1 N–H and O–H groups in total. The molecule has 0 saturated carbocycles. The number of nitrogens with zero attached hydrogens (tertiary/aromatic N) is 2. The molecule has 8 heteroatoms. The lowest BCUT2D eigenvalue weighted by Gasteiger charge is -2.23. The van der Waals surface area contributed by atoms with Crippen LogP contribution in [0, 0.1) is 0 Å². The predicted octanol–water partition coefficient (Wildman–Crippen LogP) is 2.82. The number of methoxy groups -OCH3 is 2. The Hall–Kier alpha value is -4.20. The zero-order chi connectivity index (χ0) is 21.5. The second kappa shape index (κ2) is 9.33. The first-order valence-electron chi connectivity index (χ1n) is 8.92.